The topological polar surface area (TPSA) is 66.4 Å². The Hall–Kier alpha value is -0.430. The van der Waals surface area contributed by atoms with Crippen LogP contribution in [0.5, 0.6) is 0 Å². The van der Waals surface area contributed by atoms with Crippen LogP contribution in [0.1, 0.15) is 25.1 Å². The van der Waals surface area contributed by atoms with Gasteiger partial charge in [-0.05, 0) is 25.0 Å². The second kappa shape index (κ2) is 5.95. The summed E-state index contributed by atoms with van der Waals surface area (Å²) in [6.45, 7) is 5.78. The van der Waals surface area contributed by atoms with Crippen LogP contribution in [-0.4, -0.2) is 26.2 Å². The second-order valence-corrected chi connectivity index (χ2v) is 7.45. The van der Waals surface area contributed by atoms with Gasteiger partial charge < -0.3 is 5.11 Å². The molecule has 0 aliphatic heterocycles. The predicted octanol–water partition coefficient (Wildman–Crippen LogP) is 1.74. The van der Waals surface area contributed by atoms with Crippen molar-refractivity contribution >= 4 is 21.4 Å². The minimum atomic E-state index is -3.47. The molecule has 0 aliphatic carbocycles. The first-order valence-electron chi connectivity index (χ1n) is 5.61. The van der Waals surface area contributed by atoms with Crippen molar-refractivity contribution in [2.45, 2.75) is 37.5 Å². The SMILES string of the molecule is CCC(C)C(O)CNS(=O)(=O)c1ccc(C)s1. The van der Waals surface area contributed by atoms with Crippen LogP contribution < -0.4 is 4.72 Å². The van der Waals surface area contributed by atoms with Crippen LogP contribution in [0.2, 0.25) is 0 Å². The maximum Gasteiger partial charge on any atom is 0.250 e. The number of aliphatic hydroxyl groups is 1. The van der Waals surface area contributed by atoms with Gasteiger partial charge in [-0.15, -0.1) is 11.3 Å². The molecule has 0 saturated heterocycles. The average molecular weight is 277 g/mol. The van der Waals surface area contributed by atoms with Crippen molar-refractivity contribution in [3.05, 3.63) is 17.0 Å². The highest BCUT2D eigenvalue weighted by Gasteiger charge is 2.19. The monoisotopic (exact) mass is 277 g/mol. The van der Waals surface area contributed by atoms with Crippen LogP contribution in [0.4, 0.5) is 0 Å². The summed E-state index contributed by atoms with van der Waals surface area (Å²) in [5, 5.41) is 9.71. The van der Waals surface area contributed by atoms with Crippen LogP contribution in [0.15, 0.2) is 16.3 Å². The molecule has 1 aromatic rings. The Balaban J connectivity index is 2.63. The van der Waals surface area contributed by atoms with E-state index in [2.05, 4.69) is 4.72 Å². The highest BCUT2D eigenvalue weighted by Crippen LogP contribution is 2.20. The molecule has 0 bridgehead atoms. The zero-order valence-electron chi connectivity index (χ0n) is 10.3. The number of sulfonamides is 1. The molecule has 0 amide bonds. The summed E-state index contributed by atoms with van der Waals surface area (Å²) >= 11 is 1.23. The van der Waals surface area contributed by atoms with Gasteiger partial charge in [-0.3, -0.25) is 0 Å². The number of hydrogen-bond donors (Lipinski definition) is 2. The Morgan fingerprint density at radius 2 is 2.12 bits per heavy atom. The second-order valence-electron chi connectivity index (χ2n) is 4.17. The van der Waals surface area contributed by atoms with Crippen molar-refractivity contribution in [3.63, 3.8) is 0 Å². The van der Waals surface area contributed by atoms with Crippen molar-refractivity contribution in [3.8, 4) is 0 Å². The average Bonchev–Trinajstić information content (AvgIpc) is 2.72. The van der Waals surface area contributed by atoms with Gasteiger partial charge in [-0.1, -0.05) is 20.3 Å². The van der Waals surface area contributed by atoms with E-state index < -0.39 is 16.1 Å². The van der Waals surface area contributed by atoms with Gasteiger partial charge >= 0.3 is 0 Å². The van der Waals surface area contributed by atoms with Gasteiger partial charge in [-0.2, -0.15) is 0 Å². The van der Waals surface area contributed by atoms with Crippen molar-refractivity contribution in [2.24, 2.45) is 5.92 Å². The van der Waals surface area contributed by atoms with Gasteiger partial charge in [0.25, 0.3) is 0 Å². The van der Waals surface area contributed by atoms with E-state index in [1.54, 1.807) is 12.1 Å². The lowest BCUT2D eigenvalue weighted by Crippen LogP contribution is -2.35. The molecular formula is C11H19NO3S2. The number of thiophene rings is 1. The van der Waals surface area contributed by atoms with E-state index in [0.717, 1.165) is 11.3 Å². The van der Waals surface area contributed by atoms with Gasteiger partial charge in [0.2, 0.25) is 10.0 Å². The van der Waals surface area contributed by atoms with E-state index in [1.165, 1.54) is 11.3 Å². The fourth-order valence-corrected chi connectivity index (χ4v) is 3.68. The summed E-state index contributed by atoms with van der Waals surface area (Å²) in [4.78, 5) is 0.952. The number of nitrogens with one attached hydrogen (secondary N) is 1. The molecule has 6 heteroatoms. The molecule has 1 aromatic heterocycles. The summed E-state index contributed by atoms with van der Waals surface area (Å²) < 4.78 is 26.4. The lowest BCUT2D eigenvalue weighted by atomic mass is 10.0. The number of hydrogen-bond acceptors (Lipinski definition) is 4. The van der Waals surface area contributed by atoms with E-state index in [1.807, 2.05) is 20.8 Å². The zero-order valence-corrected chi connectivity index (χ0v) is 11.9. The Bertz CT molecular complexity index is 453. The number of rotatable bonds is 6. The Morgan fingerprint density at radius 3 is 2.59 bits per heavy atom. The van der Waals surface area contributed by atoms with Crippen molar-refractivity contribution in [1.29, 1.82) is 0 Å². The maximum atomic E-state index is 11.8. The molecule has 0 aliphatic rings. The summed E-state index contributed by atoms with van der Waals surface area (Å²) in [5.74, 6) is 0.0859. The van der Waals surface area contributed by atoms with E-state index in [0.29, 0.717) is 4.21 Å². The van der Waals surface area contributed by atoms with Gasteiger partial charge in [0.05, 0.1) is 6.10 Å². The molecule has 0 saturated carbocycles. The van der Waals surface area contributed by atoms with E-state index in [4.69, 9.17) is 0 Å². The quantitative estimate of drug-likeness (QED) is 0.832. The molecule has 2 unspecified atom stereocenters. The third-order valence-corrected chi connectivity index (χ3v) is 5.68. The standard InChI is InChI=1S/C11H19NO3S2/c1-4-8(2)10(13)7-12-17(14,15)11-6-5-9(3)16-11/h5-6,8,10,12-13H,4,7H2,1-3H3. The Labute approximate surface area is 107 Å². The third kappa shape index (κ3) is 4.06. The molecule has 0 fully saturated rings. The van der Waals surface area contributed by atoms with Crippen LogP contribution in [0.25, 0.3) is 0 Å². The molecule has 2 N–H and O–H groups in total. The van der Waals surface area contributed by atoms with Gasteiger partial charge in [-0.25, -0.2) is 13.1 Å². The summed E-state index contributed by atoms with van der Waals surface area (Å²) in [7, 11) is -3.47. The largest absolute Gasteiger partial charge is 0.391 e. The molecule has 4 nitrogen and oxygen atoms in total. The first-order valence-corrected chi connectivity index (χ1v) is 7.91. The first-order chi connectivity index (χ1) is 7.86. The van der Waals surface area contributed by atoms with Crippen LogP contribution in [0.3, 0.4) is 0 Å². The number of aryl methyl sites for hydroxylation is 1. The van der Waals surface area contributed by atoms with Gasteiger partial charge in [0, 0.05) is 11.4 Å². The molecule has 1 rings (SSSR count). The summed E-state index contributed by atoms with van der Waals surface area (Å²) in [5.41, 5.74) is 0. The molecule has 2 atom stereocenters. The minimum absolute atomic E-state index is 0.0638. The molecule has 1 heterocycles. The molecular weight excluding hydrogens is 258 g/mol. The minimum Gasteiger partial charge on any atom is -0.391 e. The van der Waals surface area contributed by atoms with Crippen LogP contribution >= 0.6 is 11.3 Å². The highest BCUT2D eigenvalue weighted by atomic mass is 32.2. The molecule has 0 aromatic carbocycles. The first kappa shape index (κ1) is 14.6. The van der Waals surface area contributed by atoms with Crippen molar-refractivity contribution in [2.75, 3.05) is 6.54 Å². The van der Waals surface area contributed by atoms with E-state index >= 15 is 0 Å². The Morgan fingerprint density at radius 1 is 1.47 bits per heavy atom. The van der Waals surface area contributed by atoms with Crippen LogP contribution in [-0.2, 0) is 10.0 Å². The third-order valence-electron chi connectivity index (χ3n) is 2.76. The summed E-state index contributed by atoms with van der Waals surface area (Å²) in [6.07, 6.45) is 0.178. The van der Waals surface area contributed by atoms with Crippen molar-refractivity contribution < 1.29 is 13.5 Å². The molecule has 0 spiro atoms. The van der Waals surface area contributed by atoms with Gasteiger partial charge in [0.15, 0.2) is 0 Å². The molecule has 17 heavy (non-hydrogen) atoms. The van der Waals surface area contributed by atoms with E-state index in [-0.39, 0.29) is 12.5 Å². The van der Waals surface area contributed by atoms with Crippen LogP contribution in [0, 0.1) is 12.8 Å². The fraction of sp³-hybridized carbons (Fsp3) is 0.636. The van der Waals surface area contributed by atoms with E-state index in [9.17, 15) is 13.5 Å². The van der Waals surface area contributed by atoms with Gasteiger partial charge in [0.1, 0.15) is 4.21 Å². The lowest BCUT2D eigenvalue weighted by Gasteiger charge is -2.17. The smallest absolute Gasteiger partial charge is 0.250 e. The lowest BCUT2D eigenvalue weighted by molar-refractivity contribution is 0.118. The maximum absolute atomic E-state index is 11.8. The van der Waals surface area contributed by atoms with Crippen molar-refractivity contribution in [1.82, 2.24) is 4.72 Å². The zero-order chi connectivity index (χ0) is 13.1. The normalized spacial score (nSPS) is 15.8. The molecule has 98 valence electrons. The summed E-state index contributed by atoms with van der Waals surface area (Å²) in [6, 6.07) is 3.35. The molecule has 0 radical (unpaired) electrons. The highest BCUT2D eigenvalue weighted by molar-refractivity contribution is 7.91. The number of aliphatic hydroxyl groups excluding tert-OH is 1. The fourth-order valence-electron chi connectivity index (χ4n) is 1.30. The Kier molecular flexibility index (Phi) is 5.12. The predicted molar refractivity (Wildman–Crippen MR) is 69.7 cm³/mol.